The summed E-state index contributed by atoms with van der Waals surface area (Å²) >= 11 is 0. The third kappa shape index (κ3) is 5.47. The zero-order chi connectivity index (χ0) is 33.3. The first kappa shape index (κ1) is 29.6. The number of fused-ring (bicyclic) bond motifs is 4. The van der Waals surface area contributed by atoms with Gasteiger partial charge >= 0.3 is 0 Å². The van der Waals surface area contributed by atoms with E-state index in [4.69, 9.17) is 14.7 Å². The molecule has 4 heteroatoms. The zero-order valence-corrected chi connectivity index (χ0v) is 27.4. The Morgan fingerprint density at radius 1 is 0.520 bits per heavy atom. The van der Waals surface area contributed by atoms with Crippen LogP contribution >= 0.6 is 0 Å². The molecule has 238 valence electrons. The molecule has 0 atom stereocenters. The minimum atomic E-state index is 0.453. The molecule has 3 heterocycles. The maximum atomic E-state index is 6.67. The van der Waals surface area contributed by atoms with Crippen molar-refractivity contribution in [3.8, 4) is 45.2 Å². The Morgan fingerprint density at radius 2 is 1.20 bits per heavy atom. The van der Waals surface area contributed by atoms with Gasteiger partial charge < -0.3 is 9.30 Å². The van der Waals surface area contributed by atoms with Crippen molar-refractivity contribution in [2.75, 3.05) is 6.61 Å². The fourth-order valence-corrected chi connectivity index (χ4v) is 6.99. The summed E-state index contributed by atoms with van der Waals surface area (Å²) in [4.78, 5) is 10.2. The predicted molar refractivity (Wildman–Crippen MR) is 205 cm³/mol. The van der Waals surface area contributed by atoms with Crippen LogP contribution in [0.1, 0.15) is 11.3 Å². The van der Waals surface area contributed by atoms with Crippen molar-refractivity contribution in [1.29, 1.82) is 0 Å². The highest BCUT2D eigenvalue weighted by Crippen LogP contribution is 2.40. The van der Waals surface area contributed by atoms with E-state index in [1.807, 2.05) is 36.4 Å². The minimum Gasteiger partial charge on any atom is -0.487 e. The highest BCUT2D eigenvalue weighted by molar-refractivity contribution is 6.10. The molecule has 9 rings (SSSR count). The van der Waals surface area contributed by atoms with E-state index in [0.29, 0.717) is 18.9 Å². The van der Waals surface area contributed by atoms with E-state index in [1.165, 1.54) is 21.9 Å². The second-order valence-electron chi connectivity index (χ2n) is 12.5. The Labute approximate surface area is 291 Å². The van der Waals surface area contributed by atoms with Gasteiger partial charge in [-0.15, -0.1) is 0 Å². The van der Waals surface area contributed by atoms with Crippen molar-refractivity contribution in [2.24, 2.45) is 0 Å². The monoisotopic (exact) mass is 643 g/mol. The highest BCUT2D eigenvalue weighted by Gasteiger charge is 2.21. The second kappa shape index (κ2) is 12.8. The lowest BCUT2D eigenvalue weighted by Gasteiger charge is -2.18. The average molecular weight is 644 g/mol. The molecule has 50 heavy (non-hydrogen) atoms. The smallest absolute Gasteiger partial charge is 0.160 e. The highest BCUT2D eigenvalue weighted by atomic mass is 16.5. The van der Waals surface area contributed by atoms with Crippen LogP contribution in [0.2, 0.25) is 0 Å². The number of allylic oxidation sites excluding steroid dienone is 3. The number of rotatable bonds is 5. The number of nitrogens with zero attached hydrogens (tertiary/aromatic N) is 3. The van der Waals surface area contributed by atoms with Crippen LogP contribution < -0.4 is 4.74 Å². The lowest BCUT2D eigenvalue weighted by atomic mass is 9.98. The van der Waals surface area contributed by atoms with Gasteiger partial charge in [0.25, 0.3) is 0 Å². The van der Waals surface area contributed by atoms with Crippen LogP contribution in [0.4, 0.5) is 0 Å². The van der Waals surface area contributed by atoms with Gasteiger partial charge in [-0.2, -0.15) is 0 Å². The van der Waals surface area contributed by atoms with E-state index in [-0.39, 0.29) is 0 Å². The lowest BCUT2D eigenvalue weighted by Crippen LogP contribution is -2.05. The quantitative estimate of drug-likeness (QED) is 0.187. The summed E-state index contributed by atoms with van der Waals surface area (Å²) in [5, 5.41) is 2.43. The number of para-hydroxylation sites is 2. The molecule has 0 unspecified atom stereocenters. The van der Waals surface area contributed by atoms with Gasteiger partial charge in [-0.1, -0.05) is 146 Å². The van der Waals surface area contributed by atoms with Crippen LogP contribution in [0.5, 0.6) is 5.75 Å². The second-order valence-corrected chi connectivity index (χ2v) is 12.5. The van der Waals surface area contributed by atoms with Crippen LogP contribution in [0.3, 0.4) is 0 Å². The number of hydrogen-bond acceptors (Lipinski definition) is 3. The van der Waals surface area contributed by atoms with Gasteiger partial charge in [-0.05, 0) is 47.0 Å². The summed E-state index contributed by atoms with van der Waals surface area (Å²) in [6.07, 6.45) is 6.96. The van der Waals surface area contributed by atoms with Crippen molar-refractivity contribution >= 4 is 27.4 Å². The Kier molecular flexibility index (Phi) is 7.60. The predicted octanol–water partition coefficient (Wildman–Crippen LogP) is 11.1. The molecule has 0 spiro atoms. The SMILES string of the molecule is C1=CCOc2c(cccc2-n2c3ccccc3c3ccc(-c4ccccc4)cc32)CC(c2cc(-c3ccccc3)nc(-c3ccccc3)n2)=C1. The number of aromatic nitrogens is 3. The molecule has 6 aromatic carbocycles. The molecular formula is C46H33N3O. The maximum Gasteiger partial charge on any atom is 0.160 e. The number of benzene rings is 6. The average Bonchev–Trinajstić information content (AvgIpc) is 3.56. The fraction of sp³-hybridized carbons (Fsp3) is 0.0435. The van der Waals surface area contributed by atoms with Gasteiger partial charge in [0.1, 0.15) is 12.4 Å². The van der Waals surface area contributed by atoms with Gasteiger partial charge in [0.15, 0.2) is 5.82 Å². The van der Waals surface area contributed by atoms with Crippen LogP contribution in [0, 0.1) is 0 Å². The first-order valence-corrected chi connectivity index (χ1v) is 17.0. The molecule has 0 amide bonds. The molecular weight excluding hydrogens is 611 g/mol. The molecule has 1 aliphatic heterocycles. The van der Waals surface area contributed by atoms with Crippen LogP contribution in [-0.2, 0) is 6.42 Å². The van der Waals surface area contributed by atoms with E-state index in [0.717, 1.165) is 56.1 Å². The molecule has 4 nitrogen and oxygen atoms in total. The third-order valence-corrected chi connectivity index (χ3v) is 9.39. The van der Waals surface area contributed by atoms with Crippen molar-refractivity contribution < 1.29 is 4.74 Å². The molecule has 1 aliphatic rings. The number of hydrogen-bond donors (Lipinski definition) is 0. The van der Waals surface area contributed by atoms with E-state index in [9.17, 15) is 0 Å². The Balaban J connectivity index is 1.21. The molecule has 0 aliphatic carbocycles. The van der Waals surface area contributed by atoms with Crippen LogP contribution in [-0.4, -0.2) is 21.1 Å². The molecule has 0 bridgehead atoms. The molecule has 0 saturated heterocycles. The Morgan fingerprint density at radius 3 is 2.00 bits per heavy atom. The van der Waals surface area contributed by atoms with Crippen LogP contribution in [0.25, 0.3) is 66.8 Å². The summed E-state index contributed by atoms with van der Waals surface area (Å²) in [5.41, 5.74) is 11.7. The maximum absolute atomic E-state index is 6.67. The summed E-state index contributed by atoms with van der Waals surface area (Å²) in [7, 11) is 0. The van der Waals surface area contributed by atoms with Gasteiger partial charge in [-0.3, -0.25) is 0 Å². The Hall–Kier alpha value is -6.52. The van der Waals surface area contributed by atoms with Gasteiger partial charge in [0.2, 0.25) is 0 Å². The van der Waals surface area contributed by atoms with Gasteiger partial charge in [0.05, 0.1) is 28.1 Å². The Bertz CT molecular complexity index is 2490. The largest absolute Gasteiger partial charge is 0.487 e. The summed E-state index contributed by atoms with van der Waals surface area (Å²) in [5.74, 6) is 1.58. The zero-order valence-electron chi connectivity index (χ0n) is 27.4. The van der Waals surface area contributed by atoms with Crippen molar-refractivity contribution in [1.82, 2.24) is 14.5 Å². The standard InChI is InChI=1S/C46H33N3O/c1-4-15-32(16-5-1)35-26-27-39-38-23-10-11-24-42(38)49(44(39)30-35)43-25-14-22-37-29-36(21-12-13-28-50-45(37)43)41-31-40(33-17-6-2-7-18-33)47-46(48-41)34-19-8-3-9-20-34/h1-27,30-31H,28-29H2. The minimum absolute atomic E-state index is 0.453. The van der Waals surface area contributed by atoms with E-state index in [2.05, 4.69) is 144 Å². The molecule has 0 saturated carbocycles. The first-order chi connectivity index (χ1) is 24.8. The van der Waals surface area contributed by atoms with Crippen molar-refractivity contribution in [3.63, 3.8) is 0 Å². The molecule has 0 fully saturated rings. The third-order valence-electron chi connectivity index (χ3n) is 9.39. The van der Waals surface area contributed by atoms with Gasteiger partial charge in [-0.25, -0.2) is 9.97 Å². The summed E-state index contributed by atoms with van der Waals surface area (Å²) in [6, 6.07) is 55.2. The molecule has 0 radical (unpaired) electrons. The topological polar surface area (TPSA) is 39.9 Å². The van der Waals surface area contributed by atoms with Crippen molar-refractivity contribution in [2.45, 2.75) is 6.42 Å². The lowest BCUT2D eigenvalue weighted by molar-refractivity contribution is 0.359. The summed E-state index contributed by atoms with van der Waals surface area (Å²) in [6.45, 7) is 0.453. The van der Waals surface area contributed by atoms with Gasteiger partial charge in [0, 0.05) is 33.9 Å². The fourth-order valence-electron chi connectivity index (χ4n) is 6.99. The van der Waals surface area contributed by atoms with E-state index >= 15 is 0 Å². The molecule has 2 aromatic heterocycles. The summed E-state index contributed by atoms with van der Waals surface area (Å²) < 4.78 is 9.04. The first-order valence-electron chi connectivity index (χ1n) is 17.0. The van der Waals surface area contributed by atoms with Crippen LogP contribution in [0.15, 0.2) is 176 Å². The normalized spacial score (nSPS) is 12.8. The number of ether oxygens (including phenoxy) is 1. The van der Waals surface area contributed by atoms with Crippen molar-refractivity contribution in [3.05, 3.63) is 187 Å². The molecule has 0 N–H and O–H groups in total. The van der Waals surface area contributed by atoms with E-state index < -0.39 is 0 Å². The molecule has 8 aromatic rings. The van der Waals surface area contributed by atoms with E-state index in [1.54, 1.807) is 0 Å².